The highest BCUT2D eigenvalue weighted by molar-refractivity contribution is 7.87. The van der Waals surface area contributed by atoms with Crippen LogP contribution in [0.3, 0.4) is 0 Å². The molecule has 1 aromatic carbocycles. The Morgan fingerprint density at radius 2 is 2.14 bits per heavy atom. The number of halogens is 1. The van der Waals surface area contributed by atoms with Gasteiger partial charge in [0.2, 0.25) is 0 Å². The fourth-order valence-electron chi connectivity index (χ4n) is 2.60. The first-order chi connectivity index (χ1) is 10.0. The van der Waals surface area contributed by atoms with E-state index in [0.29, 0.717) is 24.0 Å². The van der Waals surface area contributed by atoms with Crippen molar-refractivity contribution in [3.05, 3.63) is 34.9 Å². The summed E-state index contributed by atoms with van der Waals surface area (Å²) in [6.45, 7) is 2.21. The van der Waals surface area contributed by atoms with E-state index in [2.05, 4.69) is 10.0 Å². The Kier molecular flexibility index (Phi) is 6.01. The predicted molar refractivity (Wildman–Crippen MR) is 85.4 cm³/mol. The Morgan fingerprint density at radius 1 is 1.38 bits per heavy atom. The molecule has 0 bridgehead atoms. The van der Waals surface area contributed by atoms with Crippen LogP contribution in [0.2, 0.25) is 5.02 Å². The normalized spacial score (nSPS) is 20.6. The summed E-state index contributed by atoms with van der Waals surface area (Å²) >= 11 is 6.05. The van der Waals surface area contributed by atoms with Crippen molar-refractivity contribution < 1.29 is 8.42 Å². The highest BCUT2D eigenvalue weighted by Crippen LogP contribution is 2.19. The topological polar surface area (TPSA) is 61.4 Å². The first kappa shape index (κ1) is 16.7. The van der Waals surface area contributed by atoms with E-state index in [9.17, 15) is 8.42 Å². The molecule has 21 heavy (non-hydrogen) atoms. The Bertz CT molecular complexity index is 563. The molecule has 7 heteroatoms. The molecule has 0 aromatic heterocycles. The van der Waals surface area contributed by atoms with E-state index < -0.39 is 10.2 Å². The summed E-state index contributed by atoms with van der Waals surface area (Å²) in [6, 6.07) is 7.26. The van der Waals surface area contributed by atoms with Crippen molar-refractivity contribution in [2.24, 2.45) is 5.92 Å². The molecule has 0 saturated carbocycles. The number of benzene rings is 1. The fraction of sp³-hybridized carbons (Fsp3) is 0.571. The van der Waals surface area contributed by atoms with Crippen LogP contribution in [0, 0.1) is 5.92 Å². The van der Waals surface area contributed by atoms with Gasteiger partial charge in [0.15, 0.2) is 0 Å². The molecule has 1 aliphatic heterocycles. The van der Waals surface area contributed by atoms with Crippen molar-refractivity contribution in [2.45, 2.75) is 19.4 Å². The maximum atomic E-state index is 12.4. The van der Waals surface area contributed by atoms with Gasteiger partial charge in [0.1, 0.15) is 0 Å². The summed E-state index contributed by atoms with van der Waals surface area (Å²) in [6.07, 6.45) is 1.97. The SMILES string of the molecule is CNCC1CCCN(S(=O)(=O)NCc2ccccc2Cl)C1. The van der Waals surface area contributed by atoms with Gasteiger partial charge in [-0.05, 0) is 44.0 Å². The van der Waals surface area contributed by atoms with E-state index in [1.165, 1.54) is 4.31 Å². The second-order valence-corrected chi connectivity index (χ2v) is 7.50. The molecule has 1 aromatic rings. The highest BCUT2D eigenvalue weighted by Gasteiger charge is 2.28. The van der Waals surface area contributed by atoms with Crippen LogP contribution in [0.15, 0.2) is 24.3 Å². The minimum Gasteiger partial charge on any atom is -0.319 e. The standard InChI is InChI=1S/C14H22ClN3O2S/c1-16-9-12-5-4-8-18(11-12)21(19,20)17-10-13-6-2-3-7-14(13)15/h2-3,6-7,12,16-17H,4-5,8-11H2,1H3. The van der Waals surface area contributed by atoms with Crippen LogP contribution in [0.1, 0.15) is 18.4 Å². The molecule has 0 radical (unpaired) electrons. The molecule has 5 nitrogen and oxygen atoms in total. The molecular weight excluding hydrogens is 310 g/mol. The molecular formula is C14H22ClN3O2S. The Balaban J connectivity index is 1.96. The Morgan fingerprint density at radius 3 is 2.86 bits per heavy atom. The Labute approximate surface area is 131 Å². The van der Waals surface area contributed by atoms with Gasteiger partial charge in [-0.25, -0.2) is 0 Å². The molecule has 1 aliphatic rings. The number of nitrogens with zero attached hydrogens (tertiary/aromatic N) is 1. The molecule has 2 rings (SSSR count). The van der Waals surface area contributed by atoms with Crippen molar-refractivity contribution in [2.75, 3.05) is 26.7 Å². The fourth-order valence-corrected chi connectivity index (χ4v) is 4.10. The van der Waals surface area contributed by atoms with Gasteiger partial charge in [-0.3, -0.25) is 0 Å². The average Bonchev–Trinajstić information content (AvgIpc) is 2.47. The maximum absolute atomic E-state index is 12.4. The summed E-state index contributed by atoms with van der Waals surface area (Å²) in [5.74, 6) is 0.376. The highest BCUT2D eigenvalue weighted by atomic mass is 35.5. The van der Waals surface area contributed by atoms with Crippen molar-refractivity contribution in [3.63, 3.8) is 0 Å². The summed E-state index contributed by atoms with van der Waals surface area (Å²) in [5, 5.41) is 3.69. The van der Waals surface area contributed by atoms with Crippen molar-refractivity contribution in [1.82, 2.24) is 14.3 Å². The van der Waals surface area contributed by atoms with Crippen LogP contribution in [0.4, 0.5) is 0 Å². The molecule has 0 amide bonds. The second-order valence-electron chi connectivity index (χ2n) is 5.34. The lowest BCUT2D eigenvalue weighted by molar-refractivity contribution is 0.261. The predicted octanol–water partition coefficient (Wildman–Crippen LogP) is 1.61. The quantitative estimate of drug-likeness (QED) is 0.832. The van der Waals surface area contributed by atoms with E-state index in [0.717, 1.165) is 24.9 Å². The van der Waals surface area contributed by atoms with Gasteiger partial charge in [0.05, 0.1) is 0 Å². The second kappa shape index (κ2) is 7.56. The monoisotopic (exact) mass is 331 g/mol. The van der Waals surface area contributed by atoms with Gasteiger partial charge in [-0.15, -0.1) is 0 Å². The number of rotatable bonds is 6. The van der Waals surface area contributed by atoms with Crippen molar-refractivity contribution in [1.29, 1.82) is 0 Å². The number of nitrogens with one attached hydrogen (secondary N) is 2. The summed E-state index contributed by atoms with van der Waals surface area (Å²) < 4.78 is 28.9. The van der Waals surface area contributed by atoms with Gasteiger partial charge >= 0.3 is 0 Å². The third-order valence-electron chi connectivity index (χ3n) is 3.72. The zero-order valence-corrected chi connectivity index (χ0v) is 13.8. The molecule has 1 fully saturated rings. The van der Waals surface area contributed by atoms with E-state index in [4.69, 9.17) is 11.6 Å². The zero-order chi connectivity index (χ0) is 15.3. The van der Waals surface area contributed by atoms with E-state index in [1.54, 1.807) is 6.07 Å². The summed E-state index contributed by atoms with van der Waals surface area (Å²) in [4.78, 5) is 0. The van der Waals surface area contributed by atoms with Gasteiger partial charge in [0.25, 0.3) is 10.2 Å². The summed E-state index contributed by atoms with van der Waals surface area (Å²) in [5.41, 5.74) is 0.784. The molecule has 0 spiro atoms. The number of hydrogen-bond donors (Lipinski definition) is 2. The van der Waals surface area contributed by atoms with Crippen LogP contribution in [0.5, 0.6) is 0 Å². The van der Waals surface area contributed by atoms with Crippen LogP contribution >= 0.6 is 11.6 Å². The number of piperidine rings is 1. The minimum atomic E-state index is -3.45. The lowest BCUT2D eigenvalue weighted by Gasteiger charge is -2.31. The van der Waals surface area contributed by atoms with Gasteiger partial charge in [-0.1, -0.05) is 29.8 Å². The van der Waals surface area contributed by atoms with Crippen LogP contribution < -0.4 is 10.0 Å². The average molecular weight is 332 g/mol. The zero-order valence-electron chi connectivity index (χ0n) is 12.2. The van der Waals surface area contributed by atoms with Crippen molar-refractivity contribution >= 4 is 21.8 Å². The van der Waals surface area contributed by atoms with Gasteiger partial charge in [-0.2, -0.15) is 17.4 Å². The van der Waals surface area contributed by atoms with Crippen molar-refractivity contribution in [3.8, 4) is 0 Å². The lowest BCUT2D eigenvalue weighted by atomic mass is 10.00. The lowest BCUT2D eigenvalue weighted by Crippen LogP contribution is -2.47. The molecule has 1 unspecified atom stereocenters. The van der Waals surface area contributed by atoms with E-state index in [1.807, 2.05) is 25.2 Å². The molecule has 1 saturated heterocycles. The third kappa shape index (κ3) is 4.66. The molecule has 2 N–H and O–H groups in total. The first-order valence-corrected chi connectivity index (χ1v) is 8.97. The van der Waals surface area contributed by atoms with Crippen LogP contribution in [0.25, 0.3) is 0 Å². The van der Waals surface area contributed by atoms with Gasteiger partial charge < -0.3 is 5.32 Å². The van der Waals surface area contributed by atoms with Crippen LogP contribution in [-0.4, -0.2) is 39.4 Å². The number of hydrogen-bond acceptors (Lipinski definition) is 3. The van der Waals surface area contributed by atoms with Gasteiger partial charge in [0, 0.05) is 24.7 Å². The smallest absolute Gasteiger partial charge is 0.279 e. The minimum absolute atomic E-state index is 0.217. The molecule has 0 aliphatic carbocycles. The first-order valence-electron chi connectivity index (χ1n) is 7.15. The van der Waals surface area contributed by atoms with E-state index in [-0.39, 0.29) is 6.54 Å². The van der Waals surface area contributed by atoms with Crippen LogP contribution in [-0.2, 0) is 16.8 Å². The molecule has 118 valence electrons. The van der Waals surface area contributed by atoms with E-state index >= 15 is 0 Å². The maximum Gasteiger partial charge on any atom is 0.279 e. The molecule has 1 atom stereocenters. The third-order valence-corrected chi connectivity index (χ3v) is 5.61. The largest absolute Gasteiger partial charge is 0.319 e. The summed E-state index contributed by atoms with van der Waals surface area (Å²) in [7, 11) is -1.56. The molecule has 1 heterocycles. The Hall–Kier alpha value is -0.660.